The van der Waals surface area contributed by atoms with Crippen LogP contribution >= 0.6 is 0 Å². The smallest absolute Gasteiger partial charge is 0.0793 e. The topological polar surface area (TPSA) is 66.5 Å². The molecule has 3 heteroatoms. The van der Waals surface area contributed by atoms with Crippen LogP contribution < -0.4 is 5.73 Å². The van der Waals surface area contributed by atoms with Crippen molar-refractivity contribution in [2.75, 3.05) is 0 Å². The van der Waals surface area contributed by atoms with E-state index in [9.17, 15) is 10.2 Å². The molecule has 0 heterocycles. The maximum absolute atomic E-state index is 10.9. The van der Waals surface area contributed by atoms with E-state index in [1.807, 2.05) is 6.08 Å². The Morgan fingerprint density at radius 1 is 1.09 bits per heavy atom. The number of rotatable bonds is 0. The van der Waals surface area contributed by atoms with Crippen molar-refractivity contribution in [1.82, 2.24) is 0 Å². The van der Waals surface area contributed by atoms with E-state index in [2.05, 4.69) is 13.8 Å². The summed E-state index contributed by atoms with van der Waals surface area (Å²) < 4.78 is 0. The van der Waals surface area contributed by atoms with Gasteiger partial charge in [0.05, 0.1) is 12.2 Å². The molecule has 4 rings (SSSR count). The van der Waals surface area contributed by atoms with E-state index < -0.39 is 0 Å². The number of hydrogen-bond acceptors (Lipinski definition) is 3. The van der Waals surface area contributed by atoms with E-state index in [1.54, 1.807) is 0 Å². The molecule has 0 aromatic rings. The zero-order valence-electron chi connectivity index (χ0n) is 13.8. The first-order valence-electron chi connectivity index (χ1n) is 8.92. The standard InChI is InChI=1S/C19H29NO2/c1-18-7-5-12(21)9-11(18)10-15(22)17-13-3-4-16(20)19(13,2)8-6-14(17)18/h9,12,14-16,21-22H,3-8,10,20H2,1-2H3/t12-,14-,15-,16-,18-,19-/m0/s1. The average Bonchev–Trinajstić information content (AvgIpc) is 2.77. The quantitative estimate of drug-likeness (QED) is 0.603. The van der Waals surface area contributed by atoms with Gasteiger partial charge in [-0.3, -0.25) is 0 Å². The number of aliphatic hydroxyl groups excluding tert-OH is 2. The van der Waals surface area contributed by atoms with E-state index >= 15 is 0 Å². The molecule has 2 fully saturated rings. The summed E-state index contributed by atoms with van der Waals surface area (Å²) in [5, 5.41) is 20.9. The van der Waals surface area contributed by atoms with Gasteiger partial charge in [0.1, 0.15) is 0 Å². The van der Waals surface area contributed by atoms with Crippen molar-refractivity contribution < 1.29 is 10.2 Å². The molecule has 0 amide bonds. The number of fused-ring (bicyclic) bond motifs is 4. The first-order valence-corrected chi connectivity index (χ1v) is 8.92. The molecular formula is C19H29NO2. The molecule has 0 bridgehead atoms. The highest BCUT2D eigenvalue weighted by molar-refractivity contribution is 5.42. The molecule has 6 atom stereocenters. The third-order valence-electron chi connectivity index (χ3n) is 7.52. The zero-order chi connectivity index (χ0) is 15.7. The van der Waals surface area contributed by atoms with Crippen LogP contribution in [0.2, 0.25) is 0 Å². The van der Waals surface area contributed by atoms with Gasteiger partial charge < -0.3 is 15.9 Å². The molecule has 2 saturated carbocycles. The molecule has 0 aromatic heterocycles. The minimum atomic E-state index is -0.366. The van der Waals surface area contributed by atoms with Gasteiger partial charge in [-0.05, 0) is 61.9 Å². The van der Waals surface area contributed by atoms with Crippen molar-refractivity contribution in [3.05, 3.63) is 22.8 Å². The van der Waals surface area contributed by atoms with Gasteiger partial charge in [0.2, 0.25) is 0 Å². The lowest BCUT2D eigenvalue weighted by Gasteiger charge is -2.54. The highest BCUT2D eigenvalue weighted by atomic mass is 16.3. The summed E-state index contributed by atoms with van der Waals surface area (Å²) in [6, 6.07) is 0.251. The molecule has 0 aliphatic heterocycles. The van der Waals surface area contributed by atoms with E-state index in [-0.39, 0.29) is 29.1 Å². The van der Waals surface area contributed by atoms with Crippen LogP contribution in [0, 0.1) is 16.7 Å². The van der Waals surface area contributed by atoms with E-state index in [1.165, 1.54) is 16.7 Å². The minimum absolute atomic E-state index is 0.110. The molecular weight excluding hydrogens is 274 g/mol. The van der Waals surface area contributed by atoms with Crippen molar-refractivity contribution in [3.63, 3.8) is 0 Å². The molecule has 4 aliphatic rings. The van der Waals surface area contributed by atoms with Crippen LogP contribution in [0.15, 0.2) is 22.8 Å². The fraction of sp³-hybridized carbons (Fsp3) is 0.789. The van der Waals surface area contributed by atoms with Gasteiger partial charge >= 0.3 is 0 Å². The first kappa shape index (κ1) is 14.9. The van der Waals surface area contributed by atoms with Gasteiger partial charge in [-0.2, -0.15) is 0 Å². The first-order chi connectivity index (χ1) is 10.4. The Balaban J connectivity index is 1.83. The Bertz CT molecular complexity index is 566. The van der Waals surface area contributed by atoms with E-state index in [0.29, 0.717) is 12.3 Å². The van der Waals surface area contributed by atoms with Crippen LogP contribution in [0.3, 0.4) is 0 Å². The van der Waals surface area contributed by atoms with Crippen molar-refractivity contribution in [2.45, 2.75) is 77.0 Å². The van der Waals surface area contributed by atoms with E-state index in [4.69, 9.17) is 5.73 Å². The number of nitrogens with two attached hydrogens (primary N) is 1. The molecule has 0 aromatic carbocycles. The van der Waals surface area contributed by atoms with Gasteiger partial charge in [0.25, 0.3) is 0 Å². The van der Waals surface area contributed by atoms with Crippen LogP contribution in [0.1, 0.15) is 58.8 Å². The second-order valence-corrected chi connectivity index (χ2v) is 8.52. The monoisotopic (exact) mass is 303 g/mol. The minimum Gasteiger partial charge on any atom is -0.389 e. The molecule has 4 N–H and O–H groups in total. The van der Waals surface area contributed by atoms with Crippen LogP contribution in [0.4, 0.5) is 0 Å². The van der Waals surface area contributed by atoms with Crippen molar-refractivity contribution in [2.24, 2.45) is 22.5 Å². The molecule has 22 heavy (non-hydrogen) atoms. The fourth-order valence-electron chi connectivity index (χ4n) is 5.97. The summed E-state index contributed by atoms with van der Waals surface area (Å²) in [6.07, 6.45) is 8.35. The second-order valence-electron chi connectivity index (χ2n) is 8.52. The lowest BCUT2D eigenvalue weighted by Crippen LogP contribution is -2.48. The molecule has 122 valence electrons. The Morgan fingerprint density at radius 2 is 1.82 bits per heavy atom. The Hall–Kier alpha value is -0.640. The highest BCUT2D eigenvalue weighted by Gasteiger charge is 2.54. The van der Waals surface area contributed by atoms with Crippen LogP contribution in [-0.4, -0.2) is 28.5 Å². The third kappa shape index (κ3) is 1.79. The fourth-order valence-corrected chi connectivity index (χ4v) is 5.97. The predicted octanol–water partition coefficient (Wildman–Crippen LogP) is 2.67. The maximum atomic E-state index is 10.9. The molecule has 0 radical (unpaired) electrons. The molecule has 4 aliphatic carbocycles. The predicted molar refractivity (Wildman–Crippen MR) is 87.1 cm³/mol. The number of hydrogen-bond donors (Lipinski definition) is 3. The molecule has 0 unspecified atom stereocenters. The number of aliphatic hydroxyl groups is 2. The van der Waals surface area contributed by atoms with Crippen molar-refractivity contribution in [3.8, 4) is 0 Å². The summed E-state index contributed by atoms with van der Waals surface area (Å²) in [5.74, 6) is 0.448. The summed E-state index contributed by atoms with van der Waals surface area (Å²) in [6.45, 7) is 4.67. The molecule has 0 saturated heterocycles. The normalized spacial score (nSPS) is 51.0. The lowest BCUT2D eigenvalue weighted by atomic mass is 9.51. The Labute approximate surface area is 133 Å². The van der Waals surface area contributed by atoms with Crippen molar-refractivity contribution >= 4 is 0 Å². The summed E-state index contributed by atoms with van der Waals surface area (Å²) >= 11 is 0. The van der Waals surface area contributed by atoms with Crippen LogP contribution in [-0.2, 0) is 0 Å². The van der Waals surface area contributed by atoms with Crippen molar-refractivity contribution in [1.29, 1.82) is 0 Å². The third-order valence-corrected chi connectivity index (χ3v) is 7.52. The average molecular weight is 303 g/mol. The van der Waals surface area contributed by atoms with Crippen LogP contribution in [0.5, 0.6) is 0 Å². The Kier molecular flexibility index (Phi) is 3.18. The Morgan fingerprint density at radius 3 is 2.59 bits per heavy atom. The highest BCUT2D eigenvalue weighted by Crippen LogP contribution is 2.62. The molecule has 3 nitrogen and oxygen atoms in total. The summed E-state index contributed by atoms with van der Waals surface area (Å²) in [7, 11) is 0. The SMILES string of the molecule is C[C@]12CC[C@H]3C(=C1CC[C@@H]2N)[C@@H](O)CC1=C[C@@H](O)CC[C@@]13C. The van der Waals surface area contributed by atoms with Gasteiger partial charge in [0.15, 0.2) is 0 Å². The van der Waals surface area contributed by atoms with E-state index in [0.717, 1.165) is 38.5 Å². The second kappa shape index (κ2) is 4.68. The zero-order valence-corrected chi connectivity index (χ0v) is 13.8. The lowest BCUT2D eigenvalue weighted by molar-refractivity contribution is 0.0648. The van der Waals surface area contributed by atoms with Gasteiger partial charge in [-0.1, -0.05) is 31.1 Å². The largest absolute Gasteiger partial charge is 0.389 e. The van der Waals surface area contributed by atoms with Gasteiger partial charge in [0, 0.05) is 11.5 Å². The summed E-state index contributed by atoms with van der Waals surface area (Å²) in [4.78, 5) is 0. The van der Waals surface area contributed by atoms with Gasteiger partial charge in [-0.15, -0.1) is 0 Å². The van der Waals surface area contributed by atoms with Crippen LogP contribution in [0.25, 0.3) is 0 Å². The summed E-state index contributed by atoms with van der Waals surface area (Å²) in [5.41, 5.74) is 10.8. The van der Waals surface area contributed by atoms with Gasteiger partial charge in [-0.25, -0.2) is 0 Å². The maximum Gasteiger partial charge on any atom is 0.0793 e. The molecule has 0 spiro atoms.